The normalized spacial score (nSPS) is 10.3. The second-order valence-electron chi connectivity index (χ2n) is 3.16. The van der Waals surface area contributed by atoms with E-state index in [2.05, 4.69) is 0 Å². The molecule has 0 aliphatic heterocycles. The van der Waals surface area contributed by atoms with Gasteiger partial charge in [0, 0.05) is 6.42 Å². The predicted molar refractivity (Wildman–Crippen MR) is 55.2 cm³/mol. The Labute approximate surface area is 88.0 Å². The first-order chi connectivity index (χ1) is 7.29. The maximum absolute atomic E-state index is 13.3. The lowest BCUT2D eigenvalue weighted by Crippen LogP contribution is -2.07. The van der Waals surface area contributed by atoms with Crippen molar-refractivity contribution in [3.63, 3.8) is 0 Å². The van der Waals surface area contributed by atoms with Crippen LogP contribution in [0.4, 0.5) is 8.78 Å². The lowest BCUT2D eigenvalue weighted by Gasteiger charge is -2.11. The van der Waals surface area contributed by atoms with Gasteiger partial charge in [-0.25, -0.2) is 4.39 Å². The molecular formula is C11H15F2NO. The van der Waals surface area contributed by atoms with Gasteiger partial charge in [-0.05, 0) is 24.6 Å². The molecule has 0 aliphatic rings. The lowest BCUT2D eigenvalue weighted by atomic mass is 10.1. The number of nitrogens with two attached hydrogens (primary N) is 1. The topological polar surface area (TPSA) is 35.2 Å². The molecule has 0 unspecified atom stereocenters. The van der Waals surface area contributed by atoms with E-state index in [-0.39, 0.29) is 18.8 Å². The largest absolute Gasteiger partial charge is 0.490 e. The summed E-state index contributed by atoms with van der Waals surface area (Å²) in [6.07, 6.45) is 0.832. The van der Waals surface area contributed by atoms with Gasteiger partial charge in [-0.2, -0.15) is 0 Å². The summed E-state index contributed by atoms with van der Waals surface area (Å²) in [7, 11) is 0. The van der Waals surface area contributed by atoms with Gasteiger partial charge in [0.15, 0.2) is 11.6 Å². The smallest absolute Gasteiger partial charge is 0.165 e. The van der Waals surface area contributed by atoms with E-state index in [4.69, 9.17) is 10.5 Å². The fraction of sp³-hybridized carbons (Fsp3) is 0.455. The molecule has 1 aromatic rings. The van der Waals surface area contributed by atoms with Crippen molar-refractivity contribution in [3.8, 4) is 5.75 Å². The summed E-state index contributed by atoms with van der Waals surface area (Å²) < 4.78 is 30.4. The first-order valence-corrected chi connectivity index (χ1v) is 4.95. The zero-order valence-corrected chi connectivity index (χ0v) is 8.51. The third-order valence-electron chi connectivity index (χ3n) is 1.99. The molecule has 0 bridgehead atoms. The van der Waals surface area contributed by atoms with Crippen molar-refractivity contribution in [3.05, 3.63) is 29.6 Å². The van der Waals surface area contributed by atoms with Gasteiger partial charge in [0.25, 0.3) is 0 Å². The van der Waals surface area contributed by atoms with E-state index in [0.29, 0.717) is 13.0 Å². The second-order valence-corrected chi connectivity index (χ2v) is 3.16. The Morgan fingerprint density at radius 2 is 2.13 bits per heavy atom. The van der Waals surface area contributed by atoms with E-state index in [1.54, 1.807) is 12.1 Å². The summed E-state index contributed by atoms with van der Waals surface area (Å²) in [5.41, 5.74) is 6.13. The van der Waals surface area contributed by atoms with Crippen LogP contribution in [0.25, 0.3) is 0 Å². The Balaban J connectivity index is 2.72. The summed E-state index contributed by atoms with van der Waals surface area (Å²) >= 11 is 0. The average molecular weight is 215 g/mol. The molecule has 0 spiro atoms. The number of hydrogen-bond acceptors (Lipinski definition) is 2. The summed E-state index contributed by atoms with van der Waals surface area (Å²) in [5, 5.41) is 0. The van der Waals surface area contributed by atoms with Crippen LogP contribution in [0.1, 0.15) is 12.0 Å². The number of halogens is 2. The minimum absolute atomic E-state index is 0.189. The third kappa shape index (κ3) is 3.47. The Morgan fingerprint density at radius 1 is 1.33 bits per heavy atom. The van der Waals surface area contributed by atoms with Crippen LogP contribution in [0.5, 0.6) is 5.75 Å². The van der Waals surface area contributed by atoms with Crippen LogP contribution in [0.15, 0.2) is 18.2 Å². The van der Waals surface area contributed by atoms with E-state index in [9.17, 15) is 8.78 Å². The van der Waals surface area contributed by atoms with Crippen molar-refractivity contribution < 1.29 is 13.5 Å². The standard InChI is InChI=1S/C11H15F2NO/c12-6-2-8-15-11-9(5-7-14)3-1-4-10(11)13/h1,3-4H,2,5-8,14H2. The number of rotatable bonds is 6. The van der Waals surface area contributed by atoms with Gasteiger partial charge in [0.2, 0.25) is 0 Å². The van der Waals surface area contributed by atoms with Crippen LogP contribution < -0.4 is 10.5 Å². The molecule has 0 amide bonds. The van der Waals surface area contributed by atoms with Crippen LogP contribution in [0, 0.1) is 5.82 Å². The molecular weight excluding hydrogens is 200 g/mol. The van der Waals surface area contributed by atoms with Crippen molar-refractivity contribution in [2.75, 3.05) is 19.8 Å². The van der Waals surface area contributed by atoms with Gasteiger partial charge in [0.1, 0.15) is 0 Å². The van der Waals surface area contributed by atoms with Crippen LogP contribution in [-0.4, -0.2) is 19.8 Å². The minimum atomic E-state index is -0.458. The van der Waals surface area contributed by atoms with Crippen LogP contribution in [0.2, 0.25) is 0 Å². The van der Waals surface area contributed by atoms with Crippen molar-refractivity contribution in [1.82, 2.24) is 0 Å². The summed E-state index contributed by atoms with van der Waals surface area (Å²) in [6, 6.07) is 4.70. The number of ether oxygens (including phenoxy) is 1. The SMILES string of the molecule is NCCc1cccc(F)c1OCCCF. The molecule has 84 valence electrons. The first kappa shape index (κ1) is 11.9. The highest BCUT2D eigenvalue weighted by Crippen LogP contribution is 2.23. The molecule has 0 atom stereocenters. The first-order valence-electron chi connectivity index (χ1n) is 4.95. The van der Waals surface area contributed by atoms with Gasteiger partial charge in [-0.15, -0.1) is 0 Å². The number of hydrogen-bond donors (Lipinski definition) is 1. The molecule has 0 radical (unpaired) electrons. The minimum Gasteiger partial charge on any atom is -0.490 e. The van der Waals surface area contributed by atoms with Crippen molar-refractivity contribution in [2.45, 2.75) is 12.8 Å². The molecule has 0 heterocycles. The quantitative estimate of drug-likeness (QED) is 0.737. The molecule has 2 N–H and O–H groups in total. The Kier molecular flexibility index (Phi) is 5.04. The monoisotopic (exact) mass is 215 g/mol. The number of alkyl halides is 1. The average Bonchev–Trinajstić information content (AvgIpc) is 2.23. The van der Waals surface area contributed by atoms with Crippen molar-refractivity contribution >= 4 is 0 Å². The highest BCUT2D eigenvalue weighted by atomic mass is 19.1. The highest BCUT2D eigenvalue weighted by molar-refractivity contribution is 5.35. The molecule has 0 aromatic heterocycles. The summed E-state index contributed by atoms with van der Waals surface area (Å²) in [6.45, 7) is 0.165. The van der Waals surface area contributed by atoms with E-state index in [1.165, 1.54) is 6.07 Å². The summed E-state index contributed by atoms with van der Waals surface area (Å²) in [5.74, 6) is -0.212. The zero-order valence-electron chi connectivity index (χ0n) is 8.51. The molecule has 4 heteroatoms. The second kappa shape index (κ2) is 6.35. The molecule has 0 fully saturated rings. The van der Waals surface area contributed by atoms with E-state index in [0.717, 1.165) is 5.56 Å². The Morgan fingerprint density at radius 3 is 2.80 bits per heavy atom. The molecule has 0 saturated heterocycles. The lowest BCUT2D eigenvalue weighted by molar-refractivity contribution is 0.275. The van der Waals surface area contributed by atoms with Crippen molar-refractivity contribution in [1.29, 1.82) is 0 Å². The number of benzene rings is 1. The molecule has 1 rings (SSSR count). The van der Waals surface area contributed by atoms with Gasteiger partial charge >= 0.3 is 0 Å². The van der Waals surface area contributed by atoms with Gasteiger partial charge < -0.3 is 10.5 Å². The number of para-hydroxylation sites is 1. The molecule has 2 nitrogen and oxygen atoms in total. The predicted octanol–water partition coefficient (Wildman–Crippen LogP) is 2.07. The maximum Gasteiger partial charge on any atom is 0.165 e. The van der Waals surface area contributed by atoms with Crippen LogP contribution in [-0.2, 0) is 6.42 Å². The van der Waals surface area contributed by atoms with Gasteiger partial charge in [0.05, 0.1) is 13.3 Å². The molecule has 15 heavy (non-hydrogen) atoms. The van der Waals surface area contributed by atoms with E-state index >= 15 is 0 Å². The molecule has 1 aromatic carbocycles. The third-order valence-corrected chi connectivity index (χ3v) is 1.99. The molecule has 0 saturated carbocycles. The Bertz CT molecular complexity index is 305. The molecule has 0 aliphatic carbocycles. The van der Waals surface area contributed by atoms with E-state index < -0.39 is 12.5 Å². The fourth-order valence-corrected chi connectivity index (χ4v) is 1.30. The van der Waals surface area contributed by atoms with Gasteiger partial charge in [-0.3, -0.25) is 4.39 Å². The van der Waals surface area contributed by atoms with Crippen LogP contribution >= 0.6 is 0 Å². The fourth-order valence-electron chi connectivity index (χ4n) is 1.30. The zero-order chi connectivity index (χ0) is 11.1. The van der Waals surface area contributed by atoms with Gasteiger partial charge in [-0.1, -0.05) is 12.1 Å². The highest BCUT2D eigenvalue weighted by Gasteiger charge is 2.08. The Hall–Kier alpha value is -1.16. The van der Waals surface area contributed by atoms with Crippen molar-refractivity contribution in [2.24, 2.45) is 5.73 Å². The van der Waals surface area contributed by atoms with Crippen LogP contribution in [0.3, 0.4) is 0 Å². The van der Waals surface area contributed by atoms with E-state index in [1.807, 2.05) is 0 Å². The maximum atomic E-state index is 13.3. The summed E-state index contributed by atoms with van der Waals surface area (Å²) in [4.78, 5) is 0.